The first-order valence-corrected chi connectivity index (χ1v) is 11.1. The highest BCUT2D eigenvalue weighted by Crippen LogP contribution is 2.17. The van der Waals surface area contributed by atoms with Gasteiger partial charge in [0.1, 0.15) is 5.75 Å². The summed E-state index contributed by atoms with van der Waals surface area (Å²) < 4.78 is 0. The van der Waals surface area contributed by atoms with E-state index in [9.17, 15) is 9.90 Å². The molecule has 0 radical (unpaired) electrons. The molecule has 4 nitrogen and oxygen atoms in total. The number of phenols is 1. The van der Waals surface area contributed by atoms with Gasteiger partial charge in [0.05, 0.1) is 0 Å². The van der Waals surface area contributed by atoms with Crippen molar-refractivity contribution in [1.29, 1.82) is 0 Å². The Bertz CT molecular complexity index is 959. The number of carbonyl (C=O) groups is 1. The number of halogens is 1. The van der Waals surface area contributed by atoms with Gasteiger partial charge in [-0.2, -0.15) is 0 Å². The third-order valence-electron chi connectivity index (χ3n) is 5.18. The average molecular weight is 437 g/mol. The number of aryl methyl sites for hydroxylation is 1. The maximum Gasteiger partial charge on any atom is 0.251 e. The van der Waals surface area contributed by atoms with Crippen LogP contribution < -0.4 is 10.6 Å². The molecule has 0 unspecified atom stereocenters. The van der Waals surface area contributed by atoms with Crippen molar-refractivity contribution in [3.05, 3.63) is 100 Å². The van der Waals surface area contributed by atoms with Crippen LogP contribution in [0.5, 0.6) is 5.75 Å². The number of aromatic hydroxyl groups is 1. The van der Waals surface area contributed by atoms with E-state index in [4.69, 9.17) is 11.6 Å². The zero-order valence-electron chi connectivity index (χ0n) is 17.6. The van der Waals surface area contributed by atoms with Crippen LogP contribution in [-0.2, 0) is 19.4 Å². The number of rotatable bonds is 11. The van der Waals surface area contributed by atoms with Gasteiger partial charge in [0.25, 0.3) is 5.91 Å². The summed E-state index contributed by atoms with van der Waals surface area (Å²) in [5.41, 5.74) is 4.02. The van der Waals surface area contributed by atoms with Gasteiger partial charge in [-0.3, -0.25) is 4.79 Å². The van der Waals surface area contributed by atoms with Crippen molar-refractivity contribution in [2.45, 2.75) is 32.2 Å². The summed E-state index contributed by atoms with van der Waals surface area (Å²) >= 11 is 6.15. The number of nitrogens with one attached hydrogen (secondary N) is 2. The van der Waals surface area contributed by atoms with Crippen LogP contribution in [0.1, 0.15) is 39.9 Å². The number of phenolic OH excluding ortho intramolecular Hbond substituents is 1. The number of benzene rings is 3. The van der Waals surface area contributed by atoms with Crippen LogP contribution in [0, 0.1) is 0 Å². The molecule has 31 heavy (non-hydrogen) atoms. The SMILES string of the molecule is O=C(NCCCCc1ccccc1)c1cc(Cl)ccc1CNCCc1ccc(O)cc1. The van der Waals surface area contributed by atoms with Gasteiger partial charge >= 0.3 is 0 Å². The van der Waals surface area contributed by atoms with E-state index in [2.05, 4.69) is 34.9 Å². The lowest BCUT2D eigenvalue weighted by Gasteiger charge is -2.12. The monoisotopic (exact) mass is 436 g/mol. The Kier molecular flexibility index (Phi) is 8.95. The van der Waals surface area contributed by atoms with Gasteiger partial charge in [-0.15, -0.1) is 0 Å². The molecule has 3 aromatic rings. The van der Waals surface area contributed by atoms with Gasteiger partial charge in [0, 0.05) is 23.7 Å². The standard InChI is InChI=1S/C26H29ClN2O2/c27-23-12-11-22(19-28-17-15-21-9-13-24(30)14-10-21)25(18-23)26(31)29-16-5-4-8-20-6-2-1-3-7-20/h1-3,6-7,9-14,18,28,30H,4-5,8,15-17,19H2,(H,29,31). The van der Waals surface area contributed by atoms with Crippen LogP contribution in [-0.4, -0.2) is 24.1 Å². The fraction of sp³-hybridized carbons (Fsp3) is 0.269. The van der Waals surface area contributed by atoms with Crippen molar-refractivity contribution in [1.82, 2.24) is 10.6 Å². The Balaban J connectivity index is 1.44. The van der Waals surface area contributed by atoms with Gasteiger partial charge in [-0.25, -0.2) is 0 Å². The summed E-state index contributed by atoms with van der Waals surface area (Å²) in [6.45, 7) is 2.01. The number of unbranched alkanes of at least 4 members (excludes halogenated alkanes) is 1. The molecule has 0 fully saturated rings. The lowest BCUT2D eigenvalue weighted by Crippen LogP contribution is -2.27. The minimum atomic E-state index is -0.0856. The van der Waals surface area contributed by atoms with E-state index in [-0.39, 0.29) is 11.7 Å². The molecular formula is C26H29ClN2O2. The molecule has 0 bridgehead atoms. The zero-order chi connectivity index (χ0) is 21.9. The molecule has 3 N–H and O–H groups in total. The maximum atomic E-state index is 12.7. The molecule has 1 amide bonds. The van der Waals surface area contributed by atoms with Gasteiger partial charge < -0.3 is 15.7 Å². The van der Waals surface area contributed by atoms with E-state index >= 15 is 0 Å². The Morgan fingerprint density at radius 3 is 2.35 bits per heavy atom. The number of hydrogen-bond donors (Lipinski definition) is 3. The van der Waals surface area contributed by atoms with Crippen molar-refractivity contribution in [3.63, 3.8) is 0 Å². The fourth-order valence-electron chi connectivity index (χ4n) is 3.43. The van der Waals surface area contributed by atoms with E-state index < -0.39 is 0 Å². The summed E-state index contributed by atoms with van der Waals surface area (Å²) in [4.78, 5) is 12.7. The summed E-state index contributed by atoms with van der Waals surface area (Å²) in [6, 6.07) is 23.0. The molecule has 162 valence electrons. The molecule has 0 saturated carbocycles. The molecule has 3 rings (SSSR count). The smallest absolute Gasteiger partial charge is 0.251 e. The quantitative estimate of drug-likeness (QED) is 0.365. The Hall–Kier alpha value is -2.82. The lowest BCUT2D eigenvalue weighted by molar-refractivity contribution is 0.0952. The Morgan fingerprint density at radius 2 is 1.58 bits per heavy atom. The number of carbonyl (C=O) groups excluding carboxylic acids is 1. The minimum Gasteiger partial charge on any atom is -0.508 e. The van der Waals surface area contributed by atoms with Crippen LogP contribution >= 0.6 is 11.6 Å². The van der Waals surface area contributed by atoms with E-state index in [1.54, 1.807) is 18.2 Å². The molecule has 0 aliphatic rings. The molecular weight excluding hydrogens is 408 g/mol. The second kappa shape index (κ2) is 12.1. The molecule has 0 aliphatic heterocycles. The maximum absolute atomic E-state index is 12.7. The molecule has 5 heteroatoms. The predicted molar refractivity (Wildman–Crippen MR) is 127 cm³/mol. The molecule has 0 aliphatic carbocycles. The van der Waals surface area contributed by atoms with E-state index in [1.165, 1.54) is 5.56 Å². The van der Waals surface area contributed by atoms with E-state index in [0.29, 0.717) is 23.7 Å². The van der Waals surface area contributed by atoms with Gasteiger partial charge in [-0.1, -0.05) is 60.1 Å². The van der Waals surface area contributed by atoms with Crippen LogP contribution in [0.25, 0.3) is 0 Å². The van der Waals surface area contributed by atoms with Crippen LogP contribution in [0.15, 0.2) is 72.8 Å². The lowest BCUT2D eigenvalue weighted by atomic mass is 10.1. The molecule has 3 aromatic carbocycles. The third-order valence-corrected chi connectivity index (χ3v) is 5.41. The summed E-state index contributed by atoms with van der Waals surface area (Å²) in [7, 11) is 0. The first kappa shape index (κ1) is 22.9. The highest BCUT2D eigenvalue weighted by molar-refractivity contribution is 6.31. The summed E-state index contributed by atoms with van der Waals surface area (Å²) in [5.74, 6) is 0.186. The Labute approximate surface area is 189 Å². The second-order valence-corrected chi connectivity index (χ2v) is 8.03. The van der Waals surface area contributed by atoms with Crippen molar-refractivity contribution in [3.8, 4) is 5.75 Å². The second-order valence-electron chi connectivity index (χ2n) is 7.59. The van der Waals surface area contributed by atoms with E-state index in [1.807, 2.05) is 30.3 Å². The van der Waals surface area contributed by atoms with Gasteiger partial charge in [0.15, 0.2) is 0 Å². The number of hydrogen-bond acceptors (Lipinski definition) is 3. The molecule has 0 atom stereocenters. The molecule has 0 heterocycles. The average Bonchev–Trinajstić information content (AvgIpc) is 2.79. The van der Waals surface area contributed by atoms with Crippen molar-refractivity contribution < 1.29 is 9.90 Å². The highest BCUT2D eigenvalue weighted by atomic mass is 35.5. The Morgan fingerprint density at radius 1 is 0.839 bits per heavy atom. The summed E-state index contributed by atoms with van der Waals surface area (Å²) in [5, 5.41) is 16.3. The highest BCUT2D eigenvalue weighted by Gasteiger charge is 2.11. The van der Waals surface area contributed by atoms with Crippen LogP contribution in [0.3, 0.4) is 0 Å². The predicted octanol–water partition coefficient (Wildman–Crippen LogP) is 5.13. The van der Waals surface area contributed by atoms with Crippen molar-refractivity contribution >= 4 is 17.5 Å². The first-order valence-electron chi connectivity index (χ1n) is 10.7. The third kappa shape index (κ3) is 7.74. The van der Waals surface area contributed by atoms with Crippen molar-refractivity contribution in [2.24, 2.45) is 0 Å². The molecule has 0 saturated heterocycles. The largest absolute Gasteiger partial charge is 0.508 e. The van der Waals surface area contributed by atoms with E-state index in [0.717, 1.165) is 43.4 Å². The zero-order valence-corrected chi connectivity index (χ0v) is 18.4. The summed E-state index contributed by atoms with van der Waals surface area (Å²) in [6.07, 6.45) is 3.83. The molecule has 0 aromatic heterocycles. The molecule has 0 spiro atoms. The number of amides is 1. The first-order chi connectivity index (χ1) is 15.1. The minimum absolute atomic E-state index is 0.0856. The fourth-order valence-corrected chi connectivity index (χ4v) is 3.60. The van der Waals surface area contributed by atoms with Crippen LogP contribution in [0.2, 0.25) is 5.02 Å². The normalized spacial score (nSPS) is 10.7. The van der Waals surface area contributed by atoms with Gasteiger partial charge in [0.2, 0.25) is 0 Å². The topological polar surface area (TPSA) is 61.4 Å². The van der Waals surface area contributed by atoms with Crippen LogP contribution in [0.4, 0.5) is 0 Å². The van der Waals surface area contributed by atoms with Crippen molar-refractivity contribution in [2.75, 3.05) is 13.1 Å². The van der Waals surface area contributed by atoms with Gasteiger partial charge in [-0.05, 0) is 73.2 Å².